The number of amides is 1. The summed E-state index contributed by atoms with van der Waals surface area (Å²) in [6.45, 7) is 8.30. The van der Waals surface area contributed by atoms with E-state index in [1.54, 1.807) is 0 Å². The second kappa shape index (κ2) is 7.85. The summed E-state index contributed by atoms with van der Waals surface area (Å²) in [6, 6.07) is 10.0. The zero-order valence-corrected chi connectivity index (χ0v) is 14.9. The average molecular weight is 343 g/mol. The minimum absolute atomic E-state index is 0.0492. The first-order valence-corrected chi connectivity index (χ1v) is 9.67. The van der Waals surface area contributed by atoms with Crippen molar-refractivity contribution in [3.8, 4) is 0 Å². The van der Waals surface area contributed by atoms with Crippen LogP contribution < -0.4 is 5.32 Å². The third-order valence-corrected chi connectivity index (χ3v) is 6.14. The zero-order chi connectivity index (χ0) is 17.1. The van der Waals surface area contributed by atoms with Crippen LogP contribution in [0.1, 0.15) is 23.2 Å². The fourth-order valence-corrected chi connectivity index (χ4v) is 4.69. The third-order valence-electron chi connectivity index (χ3n) is 6.14. The van der Waals surface area contributed by atoms with E-state index in [9.17, 15) is 4.79 Å². The minimum atomic E-state index is 0.0492. The molecule has 1 N–H and O–H groups in total. The van der Waals surface area contributed by atoms with Gasteiger partial charge in [0.05, 0.1) is 13.2 Å². The molecule has 2 bridgehead atoms. The molecule has 4 heterocycles. The second-order valence-electron chi connectivity index (χ2n) is 7.68. The SMILES string of the molecule is O=C(NC[C@H]1C[C@@H]2CCN1C[C@@H]2CN1CCOCC1)c1ccccc1. The highest BCUT2D eigenvalue weighted by Crippen LogP contribution is 2.36. The lowest BCUT2D eigenvalue weighted by Crippen LogP contribution is -2.58. The van der Waals surface area contributed by atoms with Gasteiger partial charge in [-0.25, -0.2) is 0 Å². The molecule has 1 aromatic rings. The summed E-state index contributed by atoms with van der Waals surface area (Å²) >= 11 is 0. The van der Waals surface area contributed by atoms with Crippen molar-refractivity contribution >= 4 is 5.91 Å². The number of nitrogens with zero attached hydrogens (tertiary/aromatic N) is 2. The predicted octanol–water partition coefficient (Wildman–Crippen LogP) is 1.46. The molecule has 25 heavy (non-hydrogen) atoms. The molecule has 0 radical (unpaired) electrons. The van der Waals surface area contributed by atoms with Crippen LogP contribution in [0, 0.1) is 11.8 Å². The van der Waals surface area contributed by atoms with Gasteiger partial charge in [-0.15, -0.1) is 0 Å². The van der Waals surface area contributed by atoms with Gasteiger partial charge in [0, 0.05) is 44.3 Å². The summed E-state index contributed by atoms with van der Waals surface area (Å²) in [5, 5.41) is 3.14. The molecule has 4 fully saturated rings. The summed E-state index contributed by atoms with van der Waals surface area (Å²) in [7, 11) is 0. The predicted molar refractivity (Wildman–Crippen MR) is 97.6 cm³/mol. The maximum atomic E-state index is 12.3. The number of piperidine rings is 3. The Morgan fingerprint density at radius 3 is 2.68 bits per heavy atom. The lowest BCUT2D eigenvalue weighted by molar-refractivity contribution is -0.0292. The first-order chi connectivity index (χ1) is 12.3. The van der Waals surface area contributed by atoms with Crippen LogP contribution in [0.5, 0.6) is 0 Å². The number of nitrogens with one attached hydrogen (secondary N) is 1. The fourth-order valence-electron chi connectivity index (χ4n) is 4.69. The molecule has 4 aliphatic heterocycles. The Morgan fingerprint density at radius 2 is 1.96 bits per heavy atom. The van der Waals surface area contributed by atoms with Gasteiger partial charge >= 0.3 is 0 Å². The average Bonchev–Trinajstić information content (AvgIpc) is 2.68. The molecular weight excluding hydrogens is 314 g/mol. The van der Waals surface area contributed by atoms with E-state index in [4.69, 9.17) is 4.74 Å². The Bertz CT molecular complexity index is 574. The molecule has 1 aromatic carbocycles. The molecular formula is C20H29N3O2. The van der Waals surface area contributed by atoms with Gasteiger partial charge < -0.3 is 10.1 Å². The van der Waals surface area contributed by atoms with E-state index in [0.717, 1.165) is 50.2 Å². The van der Waals surface area contributed by atoms with Crippen LogP contribution in [0.25, 0.3) is 0 Å². The summed E-state index contributed by atoms with van der Waals surface area (Å²) in [5.41, 5.74) is 0.753. The Kier molecular flexibility index (Phi) is 5.34. The summed E-state index contributed by atoms with van der Waals surface area (Å²) in [4.78, 5) is 17.5. The van der Waals surface area contributed by atoms with Gasteiger partial charge in [-0.1, -0.05) is 18.2 Å². The molecule has 0 spiro atoms. The van der Waals surface area contributed by atoms with E-state index in [1.165, 1.54) is 32.5 Å². The van der Waals surface area contributed by atoms with Crippen LogP contribution in [-0.2, 0) is 4.74 Å². The Hall–Kier alpha value is -1.43. The van der Waals surface area contributed by atoms with E-state index in [2.05, 4.69) is 15.1 Å². The minimum Gasteiger partial charge on any atom is -0.379 e. The van der Waals surface area contributed by atoms with Gasteiger partial charge in [0.25, 0.3) is 5.91 Å². The highest BCUT2D eigenvalue weighted by Gasteiger charge is 2.40. The fraction of sp³-hybridized carbons (Fsp3) is 0.650. The van der Waals surface area contributed by atoms with E-state index in [0.29, 0.717) is 6.04 Å². The maximum absolute atomic E-state index is 12.3. The van der Waals surface area contributed by atoms with E-state index in [1.807, 2.05) is 30.3 Å². The Morgan fingerprint density at radius 1 is 1.16 bits per heavy atom. The standard InChI is InChI=1S/C20H29N3O2/c24-20(16-4-2-1-3-5-16)21-13-19-12-17-6-7-23(19)15-18(17)14-22-8-10-25-11-9-22/h1-5,17-19H,6-15H2,(H,21,24)/t17-,18-,19+/m0/s1. The van der Waals surface area contributed by atoms with Crippen molar-refractivity contribution in [1.29, 1.82) is 0 Å². The molecule has 5 heteroatoms. The van der Waals surface area contributed by atoms with Gasteiger partial charge in [-0.3, -0.25) is 14.6 Å². The smallest absolute Gasteiger partial charge is 0.251 e. The number of hydrogen-bond donors (Lipinski definition) is 1. The largest absolute Gasteiger partial charge is 0.379 e. The topological polar surface area (TPSA) is 44.8 Å². The normalized spacial score (nSPS) is 32.5. The Labute approximate surface area is 150 Å². The van der Waals surface area contributed by atoms with E-state index in [-0.39, 0.29) is 5.91 Å². The zero-order valence-electron chi connectivity index (χ0n) is 14.9. The number of fused-ring (bicyclic) bond motifs is 3. The lowest BCUT2D eigenvalue weighted by atomic mass is 9.75. The maximum Gasteiger partial charge on any atom is 0.251 e. The lowest BCUT2D eigenvalue weighted by Gasteiger charge is -2.51. The van der Waals surface area contributed by atoms with E-state index >= 15 is 0 Å². The van der Waals surface area contributed by atoms with Gasteiger partial charge in [0.15, 0.2) is 0 Å². The van der Waals surface area contributed by atoms with Crippen molar-refractivity contribution in [2.45, 2.75) is 18.9 Å². The monoisotopic (exact) mass is 343 g/mol. The molecule has 136 valence electrons. The molecule has 5 rings (SSSR count). The van der Waals surface area contributed by atoms with Crippen molar-refractivity contribution in [2.24, 2.45) is 11.8 Å². The number of carbonyl (C=O) groups is 1. The summed E-state index contributed by atoms with van der Waals surface area (Å²) in [5.74, 6) is 1.65. The van der Waals surface area contributed by atoms with Gasteiger partial charge in [-0.2, -0.15) is 0 Å². The van der Waals surface area contributed by atoms with Crippen LogP contribution in [0.3, 0.4) is 0 Å². The molecule has 4 atom stereocenters. The summed E-state index contributed by atoms with van der Waals surface area (Å²) < 4.78 is 5.47. The molecule has 0 saturated carbocycles. The molecule has 5 nitrogen and oxygen atoms in total. The molecule has 0 aromatic heterocycles. The number of ether oxygens (including phenoxy) is 1. The first-order valence-electron chi connectivity index (χ1n) is 9.67. The van der Waals surface area contributed by atoms with Crippen molar-refractivity contribution in [1.82, 2.24) is 15.1 Å². The summed E-state index contributed by atoms with van der Waals surface area (Å²) in [6.07, 6.45) is 2.54. The van der Waals surface area contributed by atoms with Crippen LogP contribution in [0.4, 0.5) is 0 Å². The molecule has 4 aliphatic rings. The van der Waals surface area contributed by atoms with Crippen LogP contribution in [0.2, 0.25) is 0 Å². The number of carbonyl (C=O) groups excluding carboxylic acids is 1. The van der Waals surface area contributed by atoms with Gasteiger partial charge in [-0.05, 0) is 43.4 Å². The molecule has 4 saturated heterocycles. The van der Waals surface area contributed by atoms with Crippen LogP contribution in [-0.4, -0.2) is 74.2 Å². The van der Waals surface area contributed by atoms with Crippen molar-refractivity contribution < 1.29 is 9.53 Å². The quantitative estimate of drug-likeness (QED) is 0.879. The van der Waals surface area contributed by atoms with Crippen LogP contribution >= 0.6 is 0 Å². The number of hydrogen-bond acceptors (Lipinski definition) is 4. The molecule has 0 aliphatic carbocycles. The third kappa shape index (κ3) is 4.05. The first kappa shape index (κ1) is 17.0. The number of benzene rings is 1. The molecule has 1 amide bonds. The van der Waals surface area contributed by atoms with Gasteiger partial charge in [0.1, 0.15) is 0 Å². The highest BCUT2D eigenvalue weighted by molar-refractivity contribution is 5.94. The van der Waals surface area contributed by atoms with Gasteiger partial charge in [0.2, 0.25) is 0 Å². The number of morpholine rings is 1. The highest BCUT2D eigenvalue weighted by atomic mass is 16.5. The molecule has 1 unspecified atom stereocenters. The Balaban J connectivity index is 1.27. The van der Waals surface area contributed by atoms with Crippen LogP contribution in [0.15, 0.2) is 30.3 Å². The van der Waals surface area contributed by atoms with Crippen molar-refractivity contribution in [2.75, 3.05) is 52.5 Å². The van der Waals surface area contributed by atoms with Crippen molar-refractivity contribution in [3.05, 3.63) is 35.9 Å². The van der Waals surface area contributed by atoms with E-state index < -0.39 is 0 Å². The van der Waals surface area contributed by atoms with Crippen molar-refractivity contribution in [3.63, 3.8) is 0 Å². The number of rotatable bonds is 5. The second-order valence-corrected chi connectivity index (χ2v) is 7.68.